The molecule has 2 aromatic rings. The number of hydrogen-bond acceptors (Lipinski definition) is 4. The van der Waals surface area contributed by atoms with Crippen molar-refractivity contribution in [2.24, 2.45) is 13.0 Å². The molecule has 5 nitrogen and oxygen atoms in total. The lowest BCUT2D eigenvalue weighted by atomic mass is 10.2. The average Bonchev–Trinajstić information content (AvgIpc) is 2.66. The second kappa shape index (κ2) is 6.72. The first kappa shape index (κ1) is 15.5. The van der Waals surface area contributed by atoms with Crippen LogP contribution in [0.2, 0.25) is 0 Å². The Bertz CT molecular complexity index is 604. The van der Waals surface area contributed by atoms with Gasteiger partial charge in [0.05, 0.1) is 11.4 Å². The monoisotopic (exact) mass is 288 g/mol. The zero-order chi connectivity index (χ0) is 15.4. The second-order valence-corrected chi connectivity index (χ2v) is 5.73. The van der Waals surface area contributed by atoms with E-state index < -0.39 is 0 Å². The standard InChI is InChI=1S/C16H24N4O/c1-11(2)9-17-10-14-8-15(6-7-18-14)21-16-12(3)19-20(5)13(16)4/h6-8,11,17H,9-10H2,1-5H3. The first-order chi connectivity index (χ1) is 9.97. The number of nitrogens with one attached hydrogen (secondary N) is 1. The van der Waals surface area contributed by atoms with Gasteiger partial charge < -0.3 is 10.1 Å². The summed E-state index contributed by atoms with van der Waals surface area (Å²) in [4.78, 5) is 4.36. The highest BCUT2D eigenvalue weighted by Crippen LogP contribution is 2.27. The molecule has 0 aromatic carbocycles. The summed E-state index contributed by atoms with van der Waals surface area (Å²) in [6, 6.07) is 3.84. The molecule has 0 unspecified atom stereocenters. The quantitative estimate of drug-likeness (QED) is 0.888. The number of aromatic nitrogens is 3. The molecular formula is C16H24N4O. The fourth-order valence-corrected chi connectivity index (χ4v) is 2.12. The maximum Gasteiger partial charge on any atom is 0.171 e. The Balaban J connectivity index is 2.07. The molecule has 2 aromatic heterocycles. The first-order valence-electron chi connectivity index (χ1n) is 7.31. The highest BCUT2D eigenvalue weighted by atomic mass is 16.5. The number of rotatable bonds is 6. The molecule has 0 spiro atoms. The van der Waals surface area contributed by atoms with Gasteiger partial charge in [-0.25, -0.2) is 0 Å². The van der Waals surface area contributed by atoms with E-state index in [-0.39, 0.29) is 0 Å². The summed E-state index contributed by atoms with van der Waals surface area (Å²) >= 11 is 0. The summed E-state index contributed by atoms with van der Waals surface area (Å²) in [5.74, 6) is 2.25. The molecule has 1 N–H and O–H groups in total. The van der Waals surface area contributed by atoms with Crippen LogP contribution >= 0.6 is 0 Å². The molecule has 0 aliphatic rings. The smallest absolute Gasteiger partial charge is 0.171 e. The molecule has 0 saturated heterocycles. The third kappa shape index (κ3) is 4.04. The fraction of sp³-hybridized carbons (Fsp3) is 0.500. The minimum atomic E-state index is 0.630. The Morgan fingerprint density at radius 2 is 2.10 bits per heavy atom. The molecule has 21 heavy (non-hydrogen) atoms. The van der Waals surface area contributed by atoms with Crippen molar-refractivity contribution in [1.82, 2.24) is 20.1 Å². The van der Waals surface area contributed by atoms with Gasteiger partial charge in [-0.1, -0.05) is 13.8 Å². The summed E-state index contributed by atoms with van der Waals surface area (Å²) in [6.45, 7) is 10.1. The zero-order valence-corrected chi connectivity index (χ0v) is 13.5. The van der Waals surface area contributed by atoms with Crippen LogP contribution in [0.4, 0.5) is 0 Å². The molecule has 0 radical (unpaired) electrons. The van der Waals surface area contributed by atoms with Gasteiger partial charge in [0.2, 0.25) is 0 Å². The number of hydrogen-bond donors (Lipinski definition) is 1. The fourth-order valence-electron chi connectivity index (χ4n) is 2.12. The lowest BCUT2D eigenvalue weighted by Gasteiger charge is -2.09. The molecule has 0 atom stereocenters. The average molecular weight is 288 g/mol. The molecule has 0 fully saturated rings. The number of pyridine rings is 1. The van der Waals surface area contributed by atoms with Crippen LogP contribution in [0.25, 0.3) is 0 Å². The predicted octanol–water partition coefficient (Wildman–Crippen LogP) is 2.97. The van der Waals surface area contributed by atoms with Crippen LogP contribution in [-0.2, 0) is 13.6 Å². The lowest BCUT2D eigenvalue weighted by Crippen LogP contribution is -2.19. The van der Waals surface area contributed by atoms with Crippen LogP contribution in [0.15, 0.2) is 18.3 Å². The normalized spacial score (nSPS) is 11.1. The predicted molar refractivity (Wildman–Crippen MR) is 83.5 cm³/mol. The third-order valence-electron chi connectivity index (χ3n) is 3.31. The Morgan fingerprint density at radius 1 is 1.33 bits per heavy atom. The topological polar surface area (TPSA) is 52.0 Å². The maximum absolute atomic E-state index is 5.98. The number of aryl methyl sites for hydroxylation is 2. The maximum atomic E-state index is 5.98. The SMILES string of the molecule is Cc1nn(C)c(C)c1Oc1ccnc(CNCC(C)C)c1. The van der Waals surface area contributed by atoms with Gasteiger partial charge in [-0.2, -0.15) is 5.10 Å². The van der Waals surface area contributed by atoms with Gasteiger partial charge in [0.15, 0.2) is 5.75 Å². The van der Waals surface area contributed by atoms with Crippen LogP contribution in [-0.4, -0.2) is 21.3 Å². The van der Waals surface area contributed by atoms with E-state index in [1.165, 1.54) is 0 Å². The molecular weight excluding hydrogens is 264 g/mol. The van der Waals surface area contributed by atoms with E-state index in [1.54, 1.807) is 6.20 Å². The highest BCUT2D eigenvalue weighted by Gasteiger charge is 2.12. The number of ether oxygens (including phenoxy) is 1. The largest absolute Gasteiger partial charge is 0.453 e. The van der Waals surface area contributed by atoms with Crippen LogP contribution in [0.5, 0.6) is 11.5 Å². The van der Waals surface area contributed by atoms with E-state index in [0.717, 1.165) is 41.7 Å². The van der Waals surface area contributed by atoms with Crippen molar-refractivity contribution in [2.75, 3.05) is 6.54 Å². The summed E-state index contributed by atoms with van der Waals surface area (Å²) in [5.41, 5.74) is 2.89. The van der Waals surface area contributed by atoms with Gasteiger partial charge in [-0.15, -0.1) is 0 Å². The van der Waals surface area contributed by atoms with E-state index in [4.69, 9.17) is 4.74 Å². The first-order valence-corrected chi connectivity index (χ1v) is 7.31. The van der Waals surface area contributed by atoms with E-state index in [9.17, 15) is 0 Å². The molecule has 114 valence electrons. The molecule has 2 rings (SSSR count). The van der Waals surface area contributed by atoms with Crippen molar-refractivity contribution in [3.8, 4) is 11.5 Å². The van der Waals surface area contributed by atoms with Crippen LogP contribution in [0.3, 0.4) is 0 Å². The van der Waals surface area contributed by atoms with Crippen LogP contribution in [0.1, 0.15) is 30.9 Å². The second-order valence-electron chi connectivity index (χ2n) is 5.73. The molecule has 0 aliphatic heterocycles. The summed E-state index contributed by atoms with van der Waals surface area (Å²) in [5, 5.41) is 7.75. The van der Waals surface area contributed by atoms with Gasteiger partial charge in [0, 0.05) is 25.9 Å². The van der Waals surface area contributed by atoms with Crippen LogP contribution < -0.4 is 10.1 Å². The van der Waals surface area contributed by atoms with Crippen molar-refractivity contribution in [2.45, 2.75) is 34.2 Å². The lowest BCUT2D eigenvalue weighted by molar-refractivity contribution is 0.471. The van der Waals surface area contributed by atoms with Crippen molar-refractivity contribution in [3.63, 3.8) is 0 Å². The molecule has 2 heterocycles. The van der Waals surface area contributed by atoms with E-state index in [1.807, 2.05) is 37.7 Å². The Labute approximate surface area is 126 Å². The van der Waals surface area contributed by atoms with Gasteiger partial charge in [0.1, 0.15) is 11.4 Å². The van der Waals surface area contributed by atoms with E-state index in [0.29, 0.717) is 5.92 Å². The third-order valence-corrected chi connectivity index (χ3v) is 3.31. The molecule has 5 heteroatoms. The molecule has 0 saturated carbocycles. The summed E-state index contributed by atoms with van der Waals surface area (Å²) in [7, 11) is 1.92. The van der Waals surface area contributed by atoms with Gasteiger partial charge >= 0.3 is 0 Å². The zero-order valence-electron chi connectivity index (χ0n) is 13.5. The van der Waals surface area contributed by atoms with Crippen molar-refractivity contribution in [1.29, 1.82) is 0 Å². The van der Waals surface area contributed by atoms with Crippen molar-refractivity contribution >= 4 is 0 Å². The molecule has 0 bridgehead atoms. The van der Waals surface area contributed by atoms with Gasteiger partial charge in [-0.3, -0.25) is 9.67 Å². The Morgan fingerprint density at radius 3 is 2.71 bits per heavy atom. The minimum Gasteiger partial charge on any atom is -0.453 e. The number of nitrogens with zero attached hydrogens (tertiary/aromatic N) is 3. The van der Waals surface area contributed by atoms with Crippen molar-refractivity contribution in [3.05, 3.63) is 35.4 Å². The van der Waals surface area contributed by atoms with Gasteiger partial charge in [-0.05, 0) is 32.4 Å². The van der Waals surface area contributed by atoms with Crippen molar-refractivity contribution < 1.29 is 4.74 Å². The van der Waals surface area contributed by atoms with E-state index in [2.05, 4.69) is 29.2 Å². The summed E-state index contributed by atoms with van der Waals surface area (Å²) in [6.07, 6.45) is 1.78. The van der Waals surface area contributed by atoms with E-state index >= 15 is 0 Å². The highest BCUT2D eigenvalue weighted by molar-refractivity contribution is 5.37. The Kier molecular flexibility index (Phi) is 4.96. The van der Waals surface area contributed by atoms with Gasteiger partial charge in [0.25, 0.3) is 0 Å². The minimum absolute atomic E-state index is 0.630. The Hall–Kier alpha value is -1.88. The van der Waals surface area contributed by atoms with Crippen LogP contribution in [0, 0.1) is 19.8 Å². The molecule has 0 aliphatic carbocycles. The molecule has 0 amide bonds. The summed E-state index contributed by atoms with van der Waals surface area (Å²) < 4.78 is 7.81.